The van der Waals surface area contributed by atoms with Gasteiger partial charge in [-0.1, -0.05) is 38.1 Å². The molecule has 2 amide bonds. The number of fused-ring (bicyclic) bond motifs is 3. The van der Waals surface area contributed by atoms with E-state index in [1.165, 1.54) is 11.1 Å². The van der Waals surface area contributed by atoms with Gasteiger partial charge in [0.1, 0.15) is 5.75 Å². The van der Waals surface area contributed by atoms with Gasteiger partial charge in [0.2, 0.25) is 5.91 Å². The molecule has 3 aromatic rings. The summed E-state index contributed by atoms with van der Waals surface area (Å²) in [5.41, 5.74) is 3.96. The van der Waals surface area contributed by atoms with Crippen LogP contribution in [0.15, 0.2) is 60.8 Å². The number of hydrogen-bond acceptors (Lipinski definition) is 6. The number of hydrogen-bond donors (Lipinski definition) is 1. The standard InChI is InChI=1S/C31H37N5O3/c1-3-34(4-2)18-7-8-20-39-28-15-9-11-23-21-35(19-16-24(23)28)22-29(37)36-27-14-6-5-12-25(27)31(38)33-26-13-10-17-32-30(26)36/h5-6,9-15,17H,3-4,7-8,16,18-22H2,1-2H3,(H,33,38). The van der Waals surface area contributed by atoms with E-state index in [-0.39, 0.29) is 18.4 Å². The van der Waals surface area contributed by atoms with Crippen molar-refractivity contribution in [1.82, 2.24) is 14.8 Å². The number of carbonyl (C=O) groups is 2. The molecule has 2 aromatic carbocycles. The molecule has 1 N–H and O–H groups in total. The number of unbranched alkanes of at least 4 members (excludes halogenated alkanes) is 1. The maximum Gasteiger partial charge on any atom is 0.257 e. The van der Waals surface area contributed by atoms with Crippen molar-refractivity contribution in [3.05, 3.63) is 77.5 Å². The summed E-state index contributed by atoms with van der Waals surface area (Å²) in [5, 5.41) is 2.90. The van der Waals surface area contributed by atoms with Gasteiger partial charge in [-0.15, -0.1) is 0 Å². The smallest absolute Gasteiger partial charge is 0.257 e. The van der Waals surface area contributed by atoms with Gasteiger partial charge in [-0.3, -0.25) is 19.4 Å². The van der Waals surface area contributed by atoms with Crippen LogP contribution in [-0.4, -0.2) is 65.9 Å². The highest BCUT2D eigenvalue weighted by Gasteiger charge is 2.31. The van der Waals surface area contributed by atoms with Gasteiger partial charge in [0, 0.05) is 19.3 Å². The first-order valence-corrected chi connectivity index (χ1v) is 14.0. The zero-order valence-corrected chi connectivity index (χ0v) is 22.9. The highest BCUT2D eigenvalue weighted by molar-refractivity contribution is 6.17. The van der Waals surface area contributed by atoms with Crippen LogP contribution in [0.25, 0.3) is 0 Å². The molecule has 3 heterocycles. The van der Waals surface area contributed by atoms with E-state index in [4.69, 9.17) is 4.74 Å². The van der Waals surface area contributed by atoms with Crippen LogP contribution in [0.4, 0.5) is 17.2 Å². The Morgan fingerprint density at radius 3 is 2.74 bits per heavy atom. The Morgan fingerprint density at radius 1 is 1.05 bits per heavy atom. The Morgan fingerprint density at radius 2 is 1.90 bits per heavy atom. The van der Waals surface area contributed by atoms with Gasteiger partial charge >= 0.3 is 0 Å². The third kappa shape index (κ3) is 5.97. The molecule has 0 spiro atoms. The predicted octanol–water partition coefficient (Wildman–Crippen LogP) is 4.87. The Kier molecular flexibility index (Phi) is 8.54. The van der Waals surface area contributed by atoms with E-state index < -0.39 is 0 Å². The summed E-state index contributed by atoms with van der Waals surface area (Å²) in [6.45, 7) is 10.0. The van der Waals surface area contributed by atoms with Crippen molar-refractivity contribution in [1.29, 1.82) is 0 Å². The lowest BCUT2D eigenvalue weighted by Gasteiger charge is -2.31. The highest BCUT2D eigenvalue weighted by Crippen LogP contribution is 2.36. The molecule has 39 heavy (non-hydrogen) atoms. The van der Waals surface area contributed by atoms with Crippen LogP contribution in [0.1, 0.15) is 48.2 Å². The summed E-state index contributed by atoms with van der Waals surface area (Å²) in [6, 6.07) is 16.9. The minimum absolute atomic E-state index is 0.122. The van der Waals surface area contributed by atoms with Crippen LogP contribution >= 0.6 is 0 Å². The average Bonchev–Trinajstić information content (AvgIpc) is 3.08. The van der Waals surface area contributed by atoms with Gasteiger partial charge in [0.15, 0.2) is 5.82 Å². The number of nitrogens with zero attached hydrogens (tertiary/aromatic N) is 4. The van der Waals surface area contributed by atoms with Crippen LogP contribution in [0, 0.1) is 0 Å². The topological polar surface area (TPSA) is 78.0 Å². The van der Waals surface area contributed by atoms with Gasteiger partial charge in [-0.05, 0) is 80.4 Å². The number of para-hydroxylation sites is 1. The number of pyridine rings is 1. The number of amides is 2. The molecule has 0 saturated carbocycles. The zero-order valence-electron chi connectivity index (χ0n) is 22.9. The summed E-state index contributed by atoms with van der Waals surface area (Å²) in [7, 11) is 0. The van der Waals surface area contributed by atoms with E-state index in [9.17, 15) is 9.59 Å². The Hall–Kier alpha value is -3.75. The Labute approximate surface area is 230 Å². The molecular formula is C31H37N5O3. The molecule has 0 unspecified atom stereocenters. The number of benzene rings is 2. The van der Waals surface area contributed by atoms with Crippen molar-refractivity contribution in [3.8, 4) is 5.75 Å². The molecule has 0 aliphatic carbocycles. The van der Waals surface area contributed by atoms with E-state index in [0.717, 1.165) is 51.2 Å². The van der Waals surface area contributed by atoms with Gasteiger partial charge in [0.25, 0.3) is 5.91 Å². The van der Waals surface area contributed by atoms with Crippen molar-refractivity contribution in [2.75, 3.05) is 49.5 Å². The fourth-order valence-electron chi connectivity index (χ4n) is 5.41. The summed E-state index contributed by atoms with van der Waals surface area (Å²) in [5.74, 6) is 1.03. The van der Waals surface area contributed by atoms with Crippen molar-refractivity contribution in [3.63, 3.8) is 0 Å². The maximum atomic E-state index is 13.8. The summed E-state index contributed by atoms with van der Waals surface area (Å²) in [6.07, 6.45) is 4.63. The first-order chi connectivity index (χ1) is 19.1. The van der Waals surface area contributed by atoms with E-state index in [1.54, 1.807) is 41.4 Å². The largest absolute Gasteiger partial charge is 0.493 e. The molecule has 2 aliphatic rings. The lowest BCUT2D eigenvalue weighted by molar-refractivity contribution is -0.119. The fourth-order valence-corrected chi connectivity index (χ4v) is 5.41. The number of carbonyl (C=O) groups excluding carboxylic acids is 2. The second kappa shape index (κ2) is 12.4. The van der Waals surface area contributed by atoms with Crippen molar-refractivity contribution >= 4 is 29.0 Å². The molecular weight excluding hydrogens is 490 g/mol. The Bertz CT molecular complexity index is 1320. The first kappa shape index (κ1) is 26.8. The third-order valence-electron chi connectivity index (χ3n) is 7.57. The number of nitrogens with one attached hydrogen (secondary N) is 1. The number of ether oxygens (including phenoxy) is 1. The monoisotopic (exact) mass is 527 g/mol. The van der Waals surface area contributed by atoms with Gasteiger partial charge in [-0.2, -0.15) is 0 Å². The summed E-state index contributed by atoms with van der Waals surface area (Å²) in [4.78, 5) is 37.3. The van der Waals surface area contributed by atoms with E-state index >= 15 is 0 Å². The fraction of sp³-hybridized carbons (Fsp3) is 0.387. The molecule has 8 nitrogen and oxygen atoms in total. The van der Waals surface area contributed by atoms with E-state index in [0.29, 0.717) is 35.9 Å². The molecule has 1 aromatic heterocycles. The van der Waals surface area contributed by atoms with Gasteiger partial charge < -0.3 is 15.0 Å². The van der Waals surface area contributed by atoms with Crippen LogP contribution in [-0.2, 0) is 17.8 Å². The molecule has 0 radical (unpaired) electrons. The quantitative estimate of drug-likeness (QED) is 0.379. The average molecular weight is 528 g/mol. The molecule has 8 heteroatoms. The van der Waals surface area contributed by atoms with E-state index in [1.807, 2.05) is 12.1 Å². The molecule has 0 saturated heterocycles. The lowest BCUT2D eigenvalue weighted by atomic mass is 9.98. The molecule has 204 valence electrons. The second-order valence-electron chi connectivity index (χ2n) is 10.0. The molecule has 2 aliphatic heterocycles. The molecule has 0 bridgehead atoms. The van der Waals surface area contributed by atoms with Crippen LogP contribution in [0.2, 0.25) is 0 Å². The van der Waals surface area contributed by atoms with Crippen LogP contribution in [0.3, 0.4) is 0 Å². The van der Waals surface area contributed by atoms with Crippen molar-refractivity contribution in [2.45, 2.75) is 39.7 Å². The van der Waals surface area contributed by atoms with Gasteiger partial charge in [-0.25, -0.2) is 4.98 Å². The molecule has 5 rings (SSSR count). The second-order valence-corrected chi connectivity index (χ2v) is 10.0. The number of aromatic nitrogens is 1. The highest BCUT2D eigenvalue weighted by atomic mass is 16.5. The van der Waals surface area contributed by atoms with Gasteiger partial charge in [0.05, 0.1) is 30.1 Å². The number of anilines is 3. The predicted molar refractivity (Wildman–Crippen MR) is 154 cm³/mol. The van der Waals surface area contributed by atoms with Crippen LogP contribution in [0.5, 0.6) is 5.75 Å². The first-order valence-electron chi connectivity index (χ1n) is 14.0. The minimum Gasteiger partial charge on any atom is -0.493 e. The lowest BCUT2D eigenvalue weighted by Crippen LogP contribution is -2.41. The molecule has 0 atom stereocenters. The summed E-state index contributed by atoms with van der Waals surface area (Å²) < 4.78 is 6.21. The van der Waals surface area contributed by atoms with Crippen molar-refractivity contribution in [2.24, 2.45) is 0 Å². The minimum atomic E-state index is -0.248. The SMILES string of the molecule is CCN(CC)CCCCOc1cccc2c1CCN(CC(=O)N1c3ccccc3C(=O)Nc3cccnc31)C2. The normalized spacial score (nSPS) is 14.7. The maximum absolute atomic E-state index is 13.8. The number of rotatable bonds is 10. The van der Waals surface area contributed by atoms with E-state index in [2.05, 4.69) is 46.1 Å². The third-order valence-corrected chi connectivity index (χ3v) is 7.57. The van der Waals surface area contributed by atoms with Crippen molar-refractivity contribution < 1.29 is 14.3 Å². The molecule has 0 fully saturated rings. The van der Waals surface area contributed by atoms with Crippen LogP contribution < -0.4 is 15.0 Å². The Balaban J connectivity index is 1.26. The summed E-state index contributed by atoms with van der Waals surface area (Å²) >= 11 is 0. The zero-order chi connectivity index (χ0) is 27.2.